The van der Waals surface area contributed by atoms with Gasteiger partial charge in [-0.3, -0.25) is 4.79 Å². The number of halogens is 5. The summed E-state index contributed by atoms with van der Waals surface area (Å²) in [7, 11) is 0. The molecule has 24 heavy (non-hydrogen) atoms. The zero-order valence-corrected chi connectivity index (χ0v) is 12.5. The van der Waals surface area contributed by atoms with E-state index < -0.39 is 23.8 Å². The minimum atomic E-state index is -4.80. The number of carbonyl (C=O) groups is 1. The Balaban J connectivity index is 1.97. The van der Waals surface area contributed by atoms with Crippen LogP contribution < -0.4 is 10.2 Å². The second-order valence-electron chi connectivity index (χ2n) is 4.44. The fourth-order valence-electron chi connectivity index (χ4n) is 1.63. The van der Waals surface area contributed by atoms with E-state index in [-0.39, 0.29) is 10.6 Å². The molecule has 0 heterocycles. The Labute approximate surface area is 138 Å². The summed E-state index contributed by atoms with van der Waals surface area (Å²) in [6.07, 6.45) is -3.61. The molecule has 2 aromatic rings. The Hall–Kier alpha value is -2.61. The van der Waals surface area contributed by atoms with Crippen molar-refractivity contribution in [2.24, 2.45) is 5.10 Å². The number of carbonyl (C=O) groups excluding carboxylic acids is 1. The van der Waals surface area contributed by atoms with Gasteiger partial charge in [0.05, 0.1) is 11.2 Å². The Bertz CT molecular complexity index is 761. The van der Waals surface area contributed by atoms with Crippen molar-refractivity contribution in [1.29, 1.82) is 0 Å². The van der Waals surface area contributed by atoms with Crippen LogP contribution in [0.3, 0.4) is 0 Å². The molecule has 0 atom stereocenters. The van der Waals surface area contributed by atoms with Crippen LogP contribution in [0, 0.1) is 5.82 Å². The van der Waals surface area contributed by atoms with Crippen LogP contribution in [0.1, 0.15) is 15.9 Å². The molecule has 0 spiro atoms. The maximum Gasteiger partial charge on any atom is 0.573 e. The van der Waals surface area contributed by atoms with Crippen molar-refractivity contribution in [3.05, 3.63) is 64.4 Å². The van der Waals surface area contributed by atoms with Gasteiger partial charge < -0.3 is 4.74 Å². The first-order chi connectivity index (χ1) is 11.2. The first-order valence-corrected chi connectivity index (χ1v) is 6.77. The largest absolute Gasteiger partial charge is 0.573 e. The van der Waals surface area contributed by atoms with Crippen LogP contribution in [0.15, 0.2) is 47.6 Å². The van der Waals surface area contributed by atoms with E-state index >= 15 is 0 Å². The molecule has 0 aliphatic carbocycles. The number of nitrogens with one attached hydrogen (secondary N) is 1. The predicted octanol–water partition coefficient (Wildman–Crippen LogP) is 4.14. The average Bonchev–Trinajstić information content (AvgIpc) is 2.50. The van der Waals surface area contributed by atoms with Crippen molar-refractivity contribution in [3.63, 3.8) is 0 Å². The molecule has 1 N–H and O–H groups in total. The highest BCUT2D eigenvalue weighted by atomic mass is 35.5. The molecule has 0 aliphatic rings. The van der Waals surface area contributed by atoms with Gasteiger partial charge in [0, 0.05) is 5.56 Å². The van der Waals surface area contributed by atoms with E-state index in [9.17, 15) is 22.4 Å². The number of ether oxygens (including phenoxy) is 1. The standard InChI is InChI=1S/C15H9ClF4N2O2/c16-12-6-1-9(7-13(12)17)8-21-22-14(23)10-2-4-11(5-3-10)24-15(18,19)20/h1-8H,(H,22,23)/b21-8+. The van der Waals surface area contributed by atoms with Gasteiger partial charge in [-0.15, -0.1) is 13.2 Å². The summed E-state index contributed by atoms with van der Waals surface area (Å²) in [6, 6.07) is 8.24. The summed E-state index contributed by atoms with van der Waals surface area (Å²) in [5, 5.41) is 3.58. The first-order valence-electron chi connectivity index (χ1n) is 6.39. The van der Waals surface area contributed by atoms with E-state index in [1.807, 2.05) is 0 Å². The predicted molar refractivity (Wildman–Crippen MR) is 79.6 cm³/mol. The summed E-state index contributed by atoms with van der Waals surface area (Å²) < 4.78 is 53.0. The van der Waals surface area contributed by atoms with E-state index in [4.69, 9.17) is 11.6 Å². The normalized spacial score (nSPS) is 11.5. The summed E-state index contributed by atoms with van der Waals surface area (Å²) in [6.45, 7) is 0. The molecule has 9 heteroatoms. The highest BCUT2D eigenvalue weighted by Gasteiger charge is 2.31. The Morgan fingerprint density at radius 1 is 1.17 bits per heavy atom. The van der Waals surface area contributed by atoms with Gasteiger partial charge in [0.2, 0.25) is 0 Å². The third kappa shape index (κ3) is 5.24. The SMILES string of the molecule is O=C(N/N=C/c1ccc(Cl)c(F)c1)c1ccc(OC(F)(F)F)cc1. The minimum absolute atomic E-state index is 0.0441. The molecule has 2 aromatic carbocycles. The van der Waals surface area contributed by atoms with Crippen LogP contribution in [0.2, 0.25) is 5.02 Å². The zero-order chi connectivity index (χ0) is 17.7. The van der Waals surface area contributed by atoms with E-state index in [2.05, 4.69) is 15.3 Å². The first kappa shape index (κ1) is 17.7. The molecule has 0 bridgehead atoms. The molecule has 0 fully saturated rings. The molecular weight excluding hydrogens is 352 g/mol. The Morgan fingerprint density at radius 2 is 1.83 bits per heavy atom. The van der Waals surface area contributed by atoms with Gasteiger partial charge in [-0.05, 0) is 42.0 Å². The van der Waals surface area contributed by atoms with Gasteiger partial charge in [-0.1, -0.05) is 17.7 Å². The van der Waals surface area contributed by atoms with Crippen molar-refractivity contribution in [3.8, 4) is 5.75 Å². The molecule has 126 valence electrons. The summed E-state index contributed by atoms with van der Waals surface area (Å²) in [4.78, 5) is 11.8. The van der Waals surface area contributed by atoms with Crippen LogP contribution in [0.5, 0.6) is 5.75 Å². The van der Waals surface area contributed by atoms with Crippen LogP contribution in [-0.4, -0.2) is 18.5 Å². The summed E-state index contributed by atoms with van der Waals surface area (Å²) >= 11 is 5.53. The number of hydrogen-bond donors (Lipinski definition) is 1. The number of hydrazone groups is 1. The van der Waals surface area contributed by atoms with Gasteiger partial charge in [0.1, 0.15) is 11.6 Å². The molecule has 0 saturated carbocycles. The lowest BCUT2D eigenvalue weighted by atomic mass is 10.2. The molecule has 0 unspecified atom stereocenters. The number of nitrogens with zero attached hydrogens (tertiary/aromatic N) is 1. The third-order valence-corrected chi connectivity index (χ3v) is 2.98. The maximum atomic E-state index is 13.2. The quantitative estimate of drug-likeness (QED) is 0.506. The molecule has 0 aliphatic heterocycles. The van der Waals surface area contributed by atoms with Gasteiger partial charge in [0.25, 0.3) is 5.91 Å². The zero-order valence-electron chi connectivity index (χ0n) is 11.8. The molecule has 0 saturated heterocycles. The second kappa shape index (κ2) is 7.31. The smallest absolute Gasteiger partial charge is 0.406 e. The third-order valence-electron chi connectivity index (χ3n) is 2.67. The summed E-state index contributed by atoms with van der Waals surface area (Å²) in [5.41, 5.74) is 2.60. The second-order valence-corrected chi connectivity index (χ2v) is 4.85. The molecule has 0 aromatic heterocycles. The minimum Gasteiger partial charge on any atom is -0.406 e. The lowest BCUT2D eigenvalue weighted by Gasteiger charge is -2.08. The summed E-state index contributed by atoms with van der Waals surface area (Å²) in [5.74, 6) is -1.73. The average molecular weight is 361 g/mol. The maximum absolute atomic E-state index is 13.2. The molecule has 2 rings (SSSR count). The highest BCUT2D eigenvalue weighted by Crippen LogP contribution is 2.22. The van der Waals surface area contributed by atoms with E-state index in [1.165, 1.54) is 18.3 Å². The van der Waals surface area contributed by atoms with Crippen LogP contribution in [0.25, 0.3) is 0 Å². The van der Waals surface area contributed by atoms with Gasteiger partial charge in [-0.25, -0.2) is 9.82 Å². The Morgan fingerprint density at radius 3 is 2.42 bits per heavy atom. The van der Waals surface area contributed by atoms with Crippen molar-refractivity contribution in [1.82, 2.24) is 5.43 Å². The van der Waals surface area contributed by atoms with Gasteiger partial charge in [0.15, 0.2) is 0 Å². The molecule has 4 nitrogen and oxygen atoms in total. The highest BCUT2D eigenvalue weighted by molar-refractivity contribution is 6.30. The van der Waals surface area contributed by atoms with Gasteiger partial charge in [-0.2, -0.15) is 5.10 Å². The number of amides is 1. The van der Waals surface area contributed by atoms with Crippen molar-refractivity contribution in [2.45, 2.75) is 6.36 Å². The van der Waals surface area contributed by atoms with Crippen molar-refractivity contribution < 1.29 is 27.1 Å². The van der Waals surface area contributed by atoms with Crippen LogP contribution in [-0.2, 0) is 0 Å². The molecule has 0 radical (unpaired) electrons. The number of hydrogen-bond acceptors (Lipinski definition) is 3. The van der Waals surface area contributed by atoms with E-state index in [0.717, 1.165) is 30.3 Å². The monoisotopic (exact) mass is 360 g/mol. The molecule has 1 amide bonds. The van der Waals surface area contributed by atoms with Crippen molar-refractivity contribution in [2.75, 3.05) is 0 Å². The van der Waals surface area contributed by atoms with Gasteiger partial charge >= 0.3 is 6.36 Å². The lowest BCUT2D eigenvalue weighted by molar-refractivity contribution is -0.274. The topological polar surface area (TPSA) is 50.7 Å². The fourth-order valence-corrected chi connectivity index (χ4v) is 1.75. The van der Waals surface area contributed by atoms with Crippen molar-refractivity contribution >= 4 is 23.7 Å². The number of rotatable bonds is 4. The van der Waals surface area contributed by atoms with E-state index in [1.54, 1.807) is 0 Å². The van der Waals surface area contributed by atoms with Crippen LogP contribution in [0.4, 0.5) is 17.6 Å². The van der Waals surface area contributed by atoms with E-state index in [0.29, 0.717) is 5.56 Å². The number of benzene rings is 2. The number of alkyl halides is 3. The van der Waals surface area contributed by atoms with Crippen LogP contribution >= 0.6 is 11.6 Å². The molecular formula is C15H9ClF4N2O2. The lowest BCUT2D eigenvalue weighted by Crippen LogP contribution is -2.19. The Kier molecular flexibility index (Phi) is 5.40. The fraction of sp³-hybridized carbons (Fsp3) is 0.0667.